The van der Waals surface area contributed by atoms with E-state index in [9.17, 15) is 4.79 Å². The number of carbonyl (C=O) groups excluding carboxylic acids is 1. The molecular weight excluding hydrogens is 348 g/mol. The number of likely N-dealkylation sites (tertiary alicyclic amines) is 1. The highest BCUT2D eigenvalue weighted by molar-refractivity contribution is 5.83. The molecule has 0 aromatic heterocycles. The van der Waals surface area contributed by atoms with Crippen LogP contribution in [0.15, 0.2) is 35.9 Å². The number of allylic oxidation sites excluding steroid dienone is 2. The van der Waals surface area contributed by atoms with Crippen LogP contribution in [0.1, 0.15) is 46.1 Å². The number of amides is 1. The fourth-order valence-electron chi connectivity index (χ4n) is 4.54. The minimum atomic E-state index is 0.100. The molecule has 4 heteroatoms. The molecular formula is C24H36N2O2. The van der Waals surface area contributed by atoms with Gasteiger partial charge < -0.3 is 10.1 Å². The Morgan fingerprint density at radius 1 is 1.21 bits per heavy atom. The highest BCUT2D eigenvalue weighted by Crippen LogP contribution is 2.59. The van der Waals surface area contributed by atoms with E-state index < -0.39 is 0 Å². The predicted molar refractivity (Wildman–Crippen MR) is 114 cm³/mol. The fourth-order valence-corrected chi connectivity index (χ4v) is 4.54. The number of ether oxygens (including phenoxy) is 1. The maximum atomic E-state index is 12.7. The largest absolute Gasteiger partial charge is 0.497 e. The van der Waals surface area contributed by atoms with Crippen LogP contribution < -0.4 is 10.1 Å². The summed E-state index contributed by atoms with van der Waals surface area (Å²) >= 11 is 0. The number of nitrogens with zero attached hydrogens (tertiary/aromatic N) is 1. The Hall–Kier alpha value is -1.81. The minimum absolute atomic E-state index is 0.100. The van der Waals surface area contributed by atoms with Gasteiger partial charge >= 0.3 is 0 Å². The molecule has 2 aliphatic rings. The summed E-state index contributed by atoms with van der Waals surface area (Å²) in [5.74, 6) is 2.28. The summed E-state index contributed by atoms with van der Waals surface area (Å²) in [6.45, 7) is 12.7. The molecule has 2 fully saturated rings. The van der Waals surface area contributed by atoms with E-state index in [1.54, 1.807) is 7.11 Å². The van der Waals surface area contributed by atoms with Crippen LogP contribution in [0.5, 0.6) is 5.75 Å². The summed E-state index contributed by atoms with van der Waals surface area (Å²) < 4.78 is 5.23. The van der Waals surface area contributed by atoms with E-state index in [4.69, 9.17) is 4.74 Å². The standard InChI is InChI=1S/C24H36N2O2/c1-17(2)14-21-22(24(21,3)4)23(27)25-15-18-10-12-26(13-11-18)16-19-6-8-20(28-5)9-7-19/h6-9,14,18,21-22H,10-13,15-16H2,1-5H3,(H,25,27). The minimum Gasteiger partial charge on any atom is -0.497 e. The number of carbonyl (C=O) groups is 1. The topological polar surface area (TPSA) is 41.6 Å². The van der Waals surface area contributed by atoms with Gasteiger partial charge in [-0.2, -0.15) is 0 Å². The van der Waals surface area contributed by atoms with Gasteiger partial charge in [0.2, 0.25) is 5.91 Å². The van der Waals surface area contributed by atoms with E-state index in [2.05, 4.69) is 56.1 Å². The first-order valence-corrected chi connectivity index (χ1v) is 10.6. The van der Waals surface area contributed by atoms with Crippen LogP contribution in [0.25, 0.3) is 0 Å². The molecule has 1 heterocycles. The second-order valence-corrected chi connectivity index (χ2v) is 9.38. The zero-order chi connectivity index (χ0) is 20.3. The molecule has 0 bridgehead atoms. The van der Waals surface area contributed by atoms with Crippen molar-refractivity contribution in [1.82, 2.24) is 10.2 Å². The third-order valence-corrected chi connectivity index (χ3v) is 6.54. The Balaban J connectivity index is 1.40. The first-order chi connectivity index (χ1) is 13.3. The first-order valence-electron chi connectivity index (χ1n) is 10.6. The van der Waals surface area contributed by atoms with Crippen LogP contribution in [-0.4, -0.2) is 37.6 Å². The summed E-state index contributed by atoms with van der Waals surface area (Å²) in [6, 6.07) is 8.34. The Morgan fingerprint density at radius 3 is 2.43 bits per heavy atom. The third kappa shape index (κ3) is 4.96. The molecule has 2 unspecified atom stereocenters. The summed E-state index contributed by atoms with van der Waals surface area (Å²) in [5.41, 5.74) is 2.73. The van der Waals surface area contributed by atoms with Crippen LogP contribution in [-0.2, 0) is 11.3 Å². The van der Waals surface area contributed by atoms with Crippen LogP contribution >= 0.6 is 0 Å². The van der Waals surface area contributed by atoms with E-state index in [1.807, 2.05) is 12.1 Å². The highest BCUT2D eigenvalue weighted by Gasteiger charge is 2.60. The molecule has 154 valence electrons. The number of piperidine rings is 1. The molecule has 0 spiro atoms. The first kappa shape index (κ1) is 20.9. The maximum absolute atomic E-state index is 12.7. The molecule has 1 N–H and O–H groups in total. The smallest absolute Gasteiger partial charge is 0.224 e. The average molecular weight is 385 g/mol. The van der Waals surface area contributed by atoms with Crippen molar-refractivity contribution in [3.63, 3.8) is 0 Å². The van der Waals surface area contributed by atoms with Gasteiger partial charge in [-0.15, -0.1) is 0 Å². The quantitative estimate of drug-likeness (QED) is 0.714. The van der Waals surface area contributed by atoms with E-state index in [1.165, 1.54) is 11.1 Å². The second kappa shape index (κ2) is 8.69. The molecule has 3 rings (SSSR count). The lowest BCUT2D eigenvalue weighted by molar-refractivity contribution is -0.123. The number of methoxy groups -OCH3 is 1. The molecule has 28 heavy (non-hydrogen) atoms. The summed E-state index contributed by atoms with van der Waals surface area (Å²) in [5, 5.41) is 3.25. The third-order valence-electron chi connectivity index (χ3n) is 6.54. The fraction of sp³-hybridized carbons (Fsp3) is 0.625. The van der Waals surface area contributed by atoms with Crippen molar-refractivity contribution in [2.24, 2.45) is 23.2 Å². The van der Waals surface area contributed by atoms with Gasteiger partial charge in [0.15, 0.2) is 0 Å². The van der Waals surface area contributed by atoms with Crippen molar-refractivity contribution >= 4 is 5.91 Å². The van der Waals surface area contributed by atoms with Gasteiger partial charge in [0.25, 0.3) is 0 Å². The zero-order valence-electron chi connectivity index (χ0n) is 18.1. The van der Waals surface area contributed by atoms with Crippen molar-refractivity contribution < 1.29 is 9.53 Å². The summed E-state index contributed by atoms with van der Waals surface area (Å²) in [6.07, 6.45) is 4.58. The Kier molecular flexibility index (Phi) is 6.49. The molecule has 1 aliphatic carbocycles. The lowest BCUT2D eigenvalue weighted by Gasteiger charge is -2.32. The van der Waals surface area contributed by atoms with Crippen LogP contribution in [0.4, 0.5) is 0 Å². The lowest BCUT2D eigenvalue weighted by Crippen LogP contribution is -2.39. The summed E-state index contributed by atoms with van der Waals surface area (Å²) in [7, 11) is 1.70. The van der Waals surface area contributed by atoms with Crippen LogP contribution in [0.2, 0.25) is 0 Å². The average Bonchev–Trinajstić information content (AvgIpc) is 3.20. The lowest BCUT2D eigenvalue weighted by atomic mass is 9.96. The molecule has 1 saturated heterocycles. The molecule has 0 radical (unpaired) electrons. The number of rotatable bonds is 7. The van der Waals surface area contributed by atoms with Crippen molar-refractivity contribution in [1.29, 1.82) is 0 Å². The van der Waals surface area contributed by atoms with E-state index >= 15 is 0 Å². The van der Waals surface area contributed by atoms with Crippen molar-refractivity contribution in [2.45, 2.75) is 47.1 Å². The highest BCUT2D eigenvalue weighted by atomic mass is 16.5. The maximum Gasteiger partial charge on any atom is 0.224 e. The Morgan fingerprint density at radius 2 is 1.86 bits per heavy atom. The number of nitrogens with one attached hydrogen (secondary N) is 1. The van der Waals surface area contributed by atoms with Crippen LogP contribution in [0, 0.1) is 23.2 Å². The zero-order valence-corrected chi connectivity index (χ0v) is 18.1. The number of hydrogen-bond donors (Lipinski definition) is 1. The van der Waals surface area contributed by atoms with E-state index in [-0.39, 0.29) is 17.2 Å². The summed E-state index contributed by atoms with van der Waals surface area (Å²) in [4.78, 5) is 15.2. The molecule has 1 amide bonds. The normalized spacial score (nSPS) is 24.5. The van der Waals surface area contributed by atoms with Crippen LogP contribution in [0.3, 0.4) is 0 Å². The van der Waals surface area contributed by atoms with Crippen molar-refractivity contribution in [3.05, 3.63) is 41.5 Å². The van der Waals surface area contributed by atoms with Gasteiger partial charge in [0.05, 0.1) is 13.0 Å². The molecule has 2 atom stereocenters. The molecule has 1 saturated carbocycles. The van der Waals surface area contributed by atoms with Crippen molar-refractivity contribution in [2.75, 3.05) is 26.7 Å². The van der Waals surface area contributed by atoms with Gasteiger partial charge in [-0.05, 0) is 74.7 Å². The predicted octanol–water partition coefficient (Wildman–Crippen LogP) is 4.26. The molecule has 1 aromatic carbocycles. The van der Waals surface area contributed by atoms with E-state index in [0.717, 1.165) is 44.8 Å². The molecule has 4 nitrogen and oxygen atoms in total. The van der Waals surface area contributed by atoms with Gasteiger partial charge in [-0.1, -0.05) is 37.6 Å². The van der Waals surface area contributed by atoms with Gasteiger partial charge in [-0.3, -0.25) is 9.69 Å². The van der Waals surface area contributed by atoms with Gasteiger partial charge in [0.1, 0.15) is 5.75 Å². The van der Waals surface area contributed by atoms with Gasteiger partial charge in [-0.25, -0.2) is 0 Å². The molecule has 1 aromatic rings. The van der Waals surface area contributed by atoms with E-state index in [0.29, 0.717) is 11.8 Å². The Bertz CT molecular complexity index is 696. The van der Waals surface area contributed by atoms with Gasteiger partial charge in [0, 0.05) is 13.1 Å². The monoisotopic (exact) mass is 384 g/mol. The SMILES string of the molecule is COc1ccc(CN2CCC(CNC(=O)C3C(C=C(C)C)C3(C)C)CC2)cc1. The number of hydrogen-bond acceptors (Lipinski definition) is 3. The number of benzene rings is 1. The van der Waals surface area contributed by atoms with Crippen molar-refractivity contribution in [3.8, 4) is 5.75 Å². The Labute approximate surface area is 170 Å². The molecule has 1 aliphatic heterocycles. The second-order valence-electron chi connectivity index (χ2n) is 9.38.